The van der Waals surface area contributed by atoms with Gasteiger partial charge in [-0.25, -0.2) is 0 Å². The average molecular weight is 304 g/mol. The van der Waals surface area contributed by atoms with Gasteiger partial charge < -0.3 is 18.8 Å². The second-order valence-corrected chi connectivity index (χ2v) is 5.06. The number of hydrogen-bond acceptors (Lipinski definition) is 5. The van der Waals surface area contributed by atoms with E-state index in [-0.39, 0.29) is 0 Å². The predicted molar refractivity (Wildman–Crippen MR) is 80.9 cm³/mol. The second kappa shape index (κ2) is 6.09. The van der Waals surface area contributed by atoms with Crippen LogP contribution in [-0.4, -0.2) is 26.3 Å². The maximum absolute atomic E-state index is 5.76. The number of nitrogens with zero attached hydrogens (tertiary/aromatic N) is 3. The van der Waals surface area contributed by atoms with Gasteiger partial charge in [0.2, 0.25) is 6.39 Å². The van der Waals surface area contributed by atoms with Gasteiger partial charge in [0.1, 0.15) is 11.3 Å². The predicted octanol–water partition coefficient (Wildman–Crippen LogP) is 3.11. The number of nitrogens with one attached hydrogen (secondary N) is 1. The zero-order valence-electron chi connectivity index (χ0n) is 11.7. The smallest absolute Gasteiger partial charge is 0.213 e. The summed E-state index contributed by atoms with van der Waals surface area (Å²) in [5.74, 6) is 1.50. The van der Waals surface area contributed by atoms with Gasteiger partial charge in [-0.15, -0.1) is 0 Å². The summed E-state index contributed by atoms with van der Waals surface area (Å²) in [4.78, 5) is 7.25. The summed E-state index contributed by atoms with van der Waals surface area (Å²) >= 11 is 5.41. The van der Waals surface area contributed by atoms with Crippen LogP contribution in [-0.2, 0) is 13.0 Å². The number of rotatable bonds is 6. The van der Waals surface area contributed by atoms with Gasteiger partial charge in [-0.05, 0) is 30.8 Å². The molecule has 0 atom stereocenters. The molecule has 0 saturated heterocycles. The molecule has 2 aromatic heterocycles. The highest BCUT2D eigenvalue weighted by atomic mass is 32.1. The number of ether oxygens (including phenoxy) is 1. The van der Waals surface area contributed by atoms with Crippen LogP contribution in [0.15, 0.2) is 29.1 Å². The average Bonchev–Trinajstić information content (AvgIpc) is 3.10. The Kier molecular flexibility index (Phi) is 4.01. The summed E-state index contributed by atoms with van der Waals surface area (Å²) in [5, 5.41) is 3.82. The third-order valence-corrected chi connectivity index (χ3v) is 3.52. The van der Waals surface area contributed by atoms with Crippen molar-refractivity contribution in [3.8, 4) is 5.75 Å². The standard InChI is InChI=1S/C14H16N4O2S/c1-2-8-19-11-5-3-4-10-13(11)16-14(21)18(10)7-6-12-15-9-20-17-12/h3-5,9H,2,6-8H2,1H3,(H,16,21). The van der Waals surface area contributed by atoms with Crippen LogP contribution >= 0.6 is 12.2 Å². The molecule has 110 valence electrons. The fourth-order valence-corrected chi connectivity index (χ4v) is 2.51. The van der Waals surface area contributed by atoms with Gasteiger partial charge >= 0.3 is 0 Å². The third-order valence-electron chi connectivity index (χ3n) is 3.20. The Bertz CT molecular complexity index is 776. The Hall–Kier alpha value is -2.15. The highest BCUT2D eigenvalue weighted by molar-refractivity contribution is 7.71. The van der Waals surface area contributed by atoms with Gasteiger partial charge in [0.15, 0.2) is 10.6 Å². The van der Waals surface area contributed by atoms with Crippen LogP contribution in [0.2, 0.25) is 0 Å². The summed E-state index contributed by atoms with van der Waals surface area (Å²) in [5.41, 5.74) is 1.96. The van der Waals surface area contributed by atoms with Crippen molar-refractivity contribution in [3.63, 3.8) is 0 Å². The van der Waals surface area contributed by atoms with E-state index in [9.17, 15) is 0 Å². The molecular formula is C14H16N4O2S. The minimum Gasteiger partial charge on any atom is -0.491 e. The maximum atomic E-state index is 5.76. The van der Waals surface area contributed by atoms with E-state index >= 15 is 0 Å². The zero-order valence-corrected chi connectivity index (χ0v) is 12.5. The molecule has 3 aromatic rings. The Morgan fingerprint density at radius 2 is 2.33 bits per heavy atom. The lowest BCUT2D eigenvalue weighted by Gasteiger charge is -2.06. The lowest BCUT2D eigenvalue weighted by Crippen LogP contribution is -2.02. The molecule has 0 aliphatic rings. The van der Waals surface area contributed by atoms with E-state index in [1.807, 2.05) is 22.8 Å². The first-order valence-electron chi connectivity index (χ1n) is 6.89. The summed E-state index contributed by atoms with van der Waals surface area (Å²) in [6, 6.07) is 5.95. The first kappa shape index (κ1) is 13.8. The number of hydrogen-bond donors (Lipinski definition) is 1. The van der Waals surface area contributed by atoms with Crippen LogP contribution in [0.1, 0.15) is 19.2 Å². The number of benzene rings is 1. The van der Waals surface area contributed by atoms with Crippen molar-refractivity contribution in [1.29, 1.82) is 0 Å². The van der Waals surface area contributed by atoms with E-state index in [0.717, 1.165) is 23.2 Å². The van der Waals surface area contributed by atoms with Crippen molar-refractivity contribution in [1.82, 2.24) is 19.7 Å². The molecule has 0 unspecified atom stereocenters. The molecule has 6 nitrogen and oxygen atoms in total. The highest BCUT2D eigenvalue weighted by Gasteiger charge is 2.10. The summed E-state index contributed by atoms with van der Waals surface area (Å²) < 4.78 is 13.2. The molecule has 21 heavy (non-hydrogen) atoms. The van der Waals surface area contributed by atoms with E-state index in [1.54, 1.807) is 0 Å². The highest BCUT2D eigenvalue weighted by Crippen LogP contribution is 2.25. The molecular weight excluding hydrogens is 288 g/mol. The van der Waals surface area contributed by atoms with Crippen molar-refractivity contribution in [3.05, 3.63) is 35.2 Å². The molecule has 0 spiro atoms. The first-order chi connectivity index (χ1) is 10.3. The molecule has 0 aliphatic carbocycles. The number of aromatic amines is 1. The molecule has 0 bridgehead atoms. The number of fused-ring (bicyclic) bond motifs is 1. The van der Waals surface area contributed by atoms with Gasteiger partial charge in [-0.3, -0.25) is 0 Å². The van der Waals surface area contributed by atoms with Gasteiger partial charge in [0.25, 0.3) is 0 Å². The van der Waals surface area contributed by atoms with Gasteiger partial charge in [-0.1, -0.05) is 18.1 Å². The monoisotopic (exact) mass is 304 g/mol. The molecule has 0 aliphatic heterocycles. The Morgan fingerprint density at radius 1 is 1.43 bits per heavy atom. The molecule has 1 aromatic carbocycles. The van der Waals surface area contributed by atoms with Crippen LogP contribution in [0.4, 0.5) is 0 Å². The van der Waals surface area contributed by atoms with Crippen LogP contribution in [0.3, 0.4) is 0 Å². The number of imidazole rings is 1. The van der Waals surface area contributed by atoms with Crippen LogP contribution < -0.4 is 4.74 Å². The minimum absolute atomic E-state index is 0.664. The largest absolute Gasteiger partial charge is 0.491 e. The quantitative estimate of drug-likeness (QED) is 0.709. The molecule has 7 heteroatoms. The Balaban J connectivity index is 1.91. The number of aryl methyl sites for hydroxylation is 2. The lowest BCUT2D eigenvalue weighted by atomic mass is 10.3. The van der Waals surface area contributed by atoms with Crippen LogP contribution in [0.25, 0.3) is 11.0 Å². The normalized spacial score (nSPS) is 11.1. The zero-order chi connectivity index (χ0) is 14.7. The molecule has 1 N–H and O–H groups in total. The molecule has 0 saturated carbocycles. The fraction of sp³-hybridized carbons (Fsp3) is 0.357. The number of para-hydroxylation sites is 1. The van der Waals surface area contributed by atoms with Gasteiger partial charge in [-0.2, -0.15) is 4.98 Å². The third kappa shape index (κ3) is 2.82. The van der Waals surface area contributed by atoms with Crippen molar-refractivity contribution in [2.45, 2.75) is 26.3 Å². The summed E-state index contributed by atoms with van der Waals surface area (Å²) in [6.07, 6.45) is 2.97. The first-order valence-corrected chi connectivity index (χ1v) is 7.30. The van der Waals surface area contributed by atoms with Crippen LogP contribution in [0.5, 0.6) is 5.75 Å². The van der Waals surface area contributed by atoms with Crippen molar-refractivity contribution >= 4 is 23.3 Å². The van der Waals surface area contributed by atoms with Gasteiger partial charge in [0, 0.05) is 13.0 Å². The van der Waals surface area contributed by atoms with Gasteiger partial charge in [0.05, 0.1) is 12.1 Å². The Labute approximate surface area is 126 Å². The lowest BCUT2D eigenvalue weighted by molar-refractivity contribution is 0.320. The van der Waals surface area contributed by atoms with Crippen molar-refractivity contribution in [2.75, 3.05) is 6.61 Å². The molecule has 2 heterocycles. The second-order valence-electron chi connectivity index (χ2n) is 4.68. The summed E-state index contributed by atoms with van der Waals surface area (Å²) in [7, 11) is 0. The molecule has 0 radical (unpaired) electrons. The molecule has 0 fully saturated rings. The summed E-state index contributed by atoms with van der Waals surface area (Å²) in [6.45, 7) is 3.46. The number of H-pyrrole nitrogens is 1. The molecule has 0 amide bonds. The Morgan fingerprint density at radius 3 is 3.10 bits per heavy atom. The fourth-order valence-electron chi connectivity index (χ4n) is 2.22. The van der Waals surface area contributed by atoms with Crippen LogP contribution in [0, 0.1) is 4.77 Å². The van der Waals surface area contributed by atoms with E-state index in [0.29, 0.717) is 30.2 Å². The number of aromatic nitrogens is 4. The van der Waals surface area contributed by atoms with Crippen molar-refractivity contribution < 1.29 is 9.26 Å². The van der Waals surface area contributed by atoms with E-state index in [2.05, 4.69) is 22.0 Å². The molecule has 3 rings (SSSR count). The topological polar surface area (TPSA) is 68.9 Å². The van der Waals surface area contributed by atoms with E-state index in [4.69, 9.17) is 21.5 Å². The SMILES string of the molecule is CCCOc1cccc2c1[nH]c(=S)n2CCc1ncon1. The van der Waals surface area contributed by atoms with Crippen molar-refractivity contribution in [2.24, 2.45) is 0 Å². The van der Waals surface area contributed by atoms with E-state index in [1.165, 1.54) is 6.39 Å². The minimum atomic E-state index is 0.664. The van der Waals surface area contributed by atoms with E-state index < -0.39 is 0 Å². The maximum Gasteiger partial charge on any atom is 0.213 e.